The SMILES string of the molecule is CC(C)CN(C(=O)C1CCCO1)C1CCS(=O)(=O)C1. The quantitative estimate of drug-likeness (QED) is 0.769. The number of hydrogen-bond acceptors (Lipinski definition) is 4. The molecule has 19 heavy (non-hydrogen) atoms. The first-order valence-corrected chi connectivity index (χ1v) is 8.83. The van der Waals surface area contributed by atoms with Crippen LogP contribution in [-0.2, 0) is 19.4 Å². The van der Waals surface area contributed by atoms with E-state index in [2.05, 4.69) is 0 Å². The monoisotopic (exact) mass is 289 g/mol. The lowest BCUT2D eigenvalue weighted by Crippen LogP contribution is -2.47. The minimum absolute atomic E-state index is 0.0201. The summed E-state index contributed by atoms with van der Waals surface area (Å²) in [6.07, 6.45) is 1.87. The topological polar surface area (TPSA) is 63.7 Å². The Bertz CT molecular complexity index is 426. The van der Waals surface area contributed by atoms with Gasteiger partial charge in [-0.15, -0.1) is 0 Å². The third-order valence-electron chi connectivity index (χ3n) is 3.70. The summed E-state index contributed by atoms with van der Waals surface area (Å²) >= 11 is 0. The third-order valence-corrected chi connectivity index (χ3v) is 5.45. The first-order valence-electron chi connectivity index (χ1n) is 7.01. The zero-order chi connectivity index (χ0) is 14.0. The summed E-state index contributed by atoms with van der Waals surface area (Å²) in [7, 11) is -2.97. The van der Waals surface area contributed by atoms with Gasteiger partial charge in [0.05, 0.1) is 11.5 Å². The summed E-state index contributed by atoms with van der Waals surface area (Å²) in [6, 6.07) is -0.163. The molecule has 0 aromatic carbocycles. The van der Waals surface area contributed by atoms with Crippen LogP contribution in [0.2, 0.25) is 0 Å². The van der Waals surface area contributed by atoms with Gasteiger partial charge >= 0.3 is 0 Å². The summed E-state index contributed by atoms with van der Waals surface area (Å²) < 4.78 is 28.7. The van der Waals surface area contributed by atoms with E-state index in [0.717, 1.165) is 12.8 Å². The maximum absolute atomic E-state index is 12.5. The van der Waals surface area contributed by atoms with Crippen molar-refractivity contribution in [1.29, 1.82) is 0 Å². The van der Waals surface area contributed by atoms with Crippen LogP contribution in [0.25, 0.3) is 0 Å². The number of sulfone groups is 1. The Morgan fingerprint density at radius 1 is 1.37 bits per heavy atom. The van der Waals surface area contributed by atoms with Crippen LogP contribution in [0.1, 0.15) is 33.1 Å². The van der Waals surface area contributed by atoms with Gasteiger partial charge in [-0.1, -0.05) is 13.8 Å². The fourth-order valence-corrected chi connectivity index (χ4v) is 4.52. The summed E-state index contributed by atoms with van der Waals surface area (Å²) in [6.45, 7) is 5.33. The Morgan fingerprint density at radius 3 is 2.58 bits per heavy atom. The molecule has 6 heteroatoms. The van der Waals surface area contributed by atoms with Crippen LogP contribution in [-0.4, -0.2) is 56.0 Å². The number of carbonyl (C=O) groups excluding carboxylic acids is 1. The maximum Gasteiger partial charge on any atom is 0.251 e. The predicted molar refractivity (Wildman–Crippen MR) is 72.6 cm³/mol. The van der Waals surface area contributed by atoms with Gasteiger partial charge in [-0.2, -0.15) is 0 Å². The average molecular weight is 289 g/mol. The first kappa shape index (κ1) is 14.8. The van der Waals surface area contributed by atoms with Crippen LogP contribution in [0, 0.1) is 5.92 Å². The fourth-order valence-electron chi connectivity index (χ4n) is 2.79. The smallest absolute Gasteiger partial charge is 0.251 e. The molecule has 0 N–H and O–H groups in total. The Hall–Kier alpha value is -0.620. The molecule has 5 nitrogen and oxygen atoms in total. The van der Waals surface area contributed by atoms with E-state index in [-0.39, 0.29) is 29.6 Å². The maximum atomic E-state index is 12.5. The number of rotatable bonds is 4. The van der Waals surface area contributed by atoms with Gasteiger partial charge in [-0.25, -0.2) is 8.42 Å². The molecule has 0 saturated carbocycles. The number of nitrogens with zero attached hydrogens (tertiary/aromatic N) is 1. The van der Waals surface area contributed by atoms with Crippen LogP contribution in [0.4, 0.5) is 0 Å². The van der Waals surface area contributed by atoms with Crippen LogP contribution in [0.5, 0.6) is 0 Å². The highest BCUT2D eigenvalue weighted by atomic mass is 32.2. The molecular weight excluding hydrogens is 266 g/mol. The summed E-state index contributed by atoms with van der Waals surface area (Å²) in [5.41, 5.74) is 0. The van der Waals surface area contributed by atoms with E-state index in [9.17, 15) is 13.2 Å². The highest BCUT2D eigenvalue weighted by Gasteiger charge is 2.38. The largest absolute Gasteiger partial charge is 0.368 e. The lowest BCUT2D eigenvalue weighted by Gasteiger charge is -2.31. The van der Waals surface area contributed by atoms with Crippen LogP contribution in [0.15, 0.2) is 0 Å². The molecule has 2 atom stereocenters. The highest BCUT2D eigenvalue weighted by molar-refractivity contribution is 7.91. The van der Waals surface area contributed by atoms with Crippen LogP contribution < -0.4 is 0 Å². The van der Waals surface area contributed by atoms with E-state index in [0.29, 0.717) is 25.5 Å². The van der Waals surface area contributed by atoms with Crippen LogP contribution in [0.3, 0.4) is 0 Å². The van der Waals surface area contributed by atoms with E-state index < -0.39 is 9.84 Å². The molecule has 0 aliphatic carbocycles. The standard InChI is InChI=1S/C13H23NO4S/c1-10(2)8-14(11-5-7-19(16,17)9-11)13(15)12-4-3-6-18-12/h10-12H,3-9H2,1-2H3. The average Bonchev–Trinajstić information content (AvgIpc) is 2.94. The van der Waals surface area contributed by atoms with E-state index in [4.69, 9.17) is 4.74 Å². The van der Waals surface area contributed by atoms with Gasteiger partial charge in [0, 0.05) is 19.2 Å². The Balaban J connectivity index is 2.09. The Labute approximate surface area is 115 Å². The molecule has 2 fully saturated rings. The van der Waals surface area contributed by atoms with Gasteiger partial charge in [0.15, 0.2) is 9.84 Å². The normalized spacial score (nSPS) is 29.8. The van der Waals surface area contributed by atoms with Crippen molar-refractivity contribution in [3.8, 4) is 0 Å². The Morgan fingerprint density at radius 2 is 2.11 bits per heavy atom. The van der Waals surface area contributed by atoms with Gasteiger partial charge < -0.3 is 9.64 Å². The van der Waals surface area contributed by atoms with E-state index >= 15 is 0 Å². The lowest BCUT2D eigenvalue weighted by atomic mass is 10.1. The van der Waals surface area contributed by atoms with E-state index in [1.165, 1.54) is 0 Å². The molecule has 2 unspecified atom stereocenters. The van der Waals surface area contributed by atoms with Gasteiger partial charge in [0.25, 0.3) is 5.91 Å². The second kappa shape index (κ2) is 5.79. The zero-order valence-corrected chi connectivity index (χ0v) is 12.5. The third kappa shape index (κ3) is 3.69. The molecule has 0 bridgehead atoms. The molecule has 2 rings (SSSR count). The molecule has 2 aliphatic rings. The van der Waals surface area contributed by atoms with Crippen molar-refractivity contribution >= 4 is 15.7 Å². The van der Waals surface area contributed by atoms with E-state index in [1.807, 2.05) is 13.8 Å². The second-order valence-corrected chi connectivity index (χ2v) is 8.17. The summed E-state index contributed by atoms with van der Waals surface area (Å²) in [5.74, 6) is 0.616. The van der Waals surface area contributed by atoms with Gasteiger partial charge in [-0.05, 0) is 25.2 Å². The van der Waals surface area contributed by atoms with Crippen molar-refractivity contribution in [2.45, 2.75) is 45.3 Å². The fraction of sp³-hybridized carbons (Fsp3) is 0.923. The first-order chi connectivity index (χ1) is 8.89. The second-order valence-electron chi connectivity index (χ2n) is 5.94. The van der Waals surface area contributed by atoms with Gasteiger partial charge in [0.1, 0.15) is 6.10 Å². The van der Waals surface area contributed by atoms with Gasteiger partial charge in [-0.3, -0.25) is 4.79 Å². The van der Waals surface area contributed by atoms with Crippen molar-refractivity contribution in [3.05, 3.63) is 0 Å². The summed E-state index contributed by atoms with van der Waals surface area (Å²) in [4.78, 5) is 14.2. The Kier molecular flexibility index (Phi) is 4.50. The van der Waals surface area contributed by atoms with Crippen molar-refractivity contribution in [2.75, 3.05) is 24.7 Å². The minimum Gasteiger partial charge on any atom is -0.368 e. The van der Waals surface area contributed by atoms with E-state index in [1.54, 1.807) is 4.90 Å². The molecule has 0 aromatic heterocycles. The van der Waals surface area contributed by atoms with Crippen molar-refractivity contribution < 1.29 is 17.9 Å². The number of ether oxygens (including phenoxy) is 1. The summed E-state index contributed by atoms with van der Waals surface area (Å²) in [5, 5.41) is 0. The molecule has 110 valence electrons. The highest BCUT2D eigenvalue weighted by Crippen LogP contribution is 2.23. The van der Waals surface area contributed by atoms with Crippen LogP contribution >= 0.6 is 0 Å². The minimum atomic E-state index is -2.97. The van der Waals surface area contributed by atoms with Crippen molar-refractivity contribution in [2.24, 2.45) is 5.92 Å². The van der Waals surface area contributed by atoms with Gasteiger partial charge in [0.2, 0.25) is 0 Å². The molecule has 0 spiro atoms. The molecule has 1 amide bonds. The number of carbonyl (C=O) groups is 1. The number of hydrogen-bond donors (Lipinski definition) is 0. The molecule has 2 heterocycles. The van der Waals surface area contributed by atoms with Crippen molar-refractivity contribution in [3.63, 3.8) is 0 Å². The molecule has 0 radical (unpaired) electrons. The zero-order valence-electron chi connectivity index (χ0n) is 11.7. The molecule has 0 aromatic rings. The predicted octanol–water partition coefficient (Wildman–Crippen LogP) is 0.837. The molecular formula is C13H23NO4S. The lowest BCUT2D eigenvalue weighted by molar-refractivity contribution is -0.143. The number of amides is 1. The molecule has 2 saturated heterocycles. The molecule has 2 aliphatic heterocycles. The van der Waals surface area contributed by atoms with Crippen molar-refractivity contribution in [1.82, 2.24) is 4.90 Å².